The maximum Gasteiger partial charge on any atom is 0.234 e. The van der Waals surface area contributed by atoms with Crippen LogP contribution in [0.25, 0.3) is 22.4 Å². The highest BCUT2D eigenvalue weighted by Gasteiger charge is 2.14. The minimum Gasteiger partial charge on any atom is -0.325 e. The van der Waals surface area contributed by atoms with E-state index >= 15 is 0 Å². The van der Waals surface area contributed by atoms with Crippen LogP contribution in [0.2, 0.25) is 0 Å². The molecule has 2 aromatic carbocycles. The Morgan fingerprint density at radius 1 is 1.03 bits per heavy atom. The van der Waals surface area contributed by atoms with Crippen molar-refractivity contribution in [3.05, 3.63) is 78.9 Å². The first-order valence-corrected chi connectivity index (χ1v) is 10.1. The van der Waals surface area contributed by atoms with Gasteiger partial charge in [-0.2, -0.15) is 5.10 Å². The molecule has 0 radical (unpaired) electrons. The molecular weight excluding hydrogens is 403 g/mol. The number of amides is 1. The summed E-state index contributed by atoms with van der Waals surface area (Å²) in [5, 5.41) is 16.5. The summed E-state index contributed by atoms with van der Waals surface area (Å²) in [6.45, 7) is 0. The maximum atomic E-state index is 13.2. The van der Waals surface area contributed by atoms with Crippen molar-refractivity contribution in [3.8, 4) is 11.3 Å². The number of nitrogens with zero attached hydrogens (tertiary/aromatic N) is 5. The predicted molar refractivity (Wildman–Crippen MR) is 113 cm³/mol. The maximum absolute atomic E-state index is 13.2. The highest BCUT2D eigenvalue weighted by Crippen LogP contribution is 2.24. The molecule has 30 heavy (non-hydrogen) atoms. The summed E-state index contributed by atoms with van der Waals surface area (Å²) >= 11 is 1.30. The van der Waals surface area contributed by atoms with Crippen molar-refractivity contribution in [2.75, 3.05) is 11.1 Å². The molecule has 3 aromatic heterocycles. The minimum absolute atomic E-state index is 0.119. The van der Waals surface area contributed by atoms with Crippen LogP contribution in [0.3, 0.4) is 0 Å². The number of aromatic nitrogens is 5. The van der Waals surface area contributed by atoms with E-state index in [1.54, 1.807) is 29.0 Å². The summed E-state index contributed by atoms with van der Waals surface area (Å²) in [4.78, 5) is 12.2. The molecule has 0 aliphatic carbocycles. The Balaban J connectivity index is 1.39. The Labute approximate surface area is 174 Å². The average molecular weight is 418 g/mol. The number of halogens is 1. The van der Waals surface area contributed by atoms with E-state index in [0.29, 0.717) is 16.5 Å². The van der Waals surface area contributed by atoms with Gasteiger partial charge in [0.2, 0.25) is 5.91 Å². The minimum atomic E-state index is -0.291. The molecule has 0 spiro atoms. The smallest absolute Gasteiger partial charge is 0.234 e. The van der Waals surface area contributed by atoms with Gasteiger partial charge in [0.05, 0.1) is 11.4 Å². The van der Waals surface area contributed by atoms with E-state index in [9.17, 15) is 9.18 Å². The second-order valence-electron chi connectivity index (χ2n) is 6.54. The number of nitrogens with one attached hydrogen (secondary N) is 1. The largest absolute Gasteiger partial charge is 0.325 e. The van der Waals surface area contributed by atoms with Crippen molar-refractivity contribution in [3.63, 3.8) is 0 Å². The van der Waals surface area contributed by atoms with Crippen LogP contribution in [0.1, 0.15) is 0 Å². The highest BCUT2D eigenvalue weighted by atomic mass is 32.2. The number of hydrogen-bond acceptors (Lipinski definition) is 5. The zero-order valence-corrected chi connectivity index (χ0v) is 16.4. The Hall–Kier alpha value is -3.72. The van der Waals surface area contributed by atoms with Gasteiger partial charge in [0.1, 0.15) is 11.3 Å². The van der Waals surface area contributed by atoms with Gasteiger partial charge >= 0.3 is 0 Å². The summed E-state index contributed by atoms with van der Waals surface area (Å²) in [5.41, 5.74) is 3.67. The molecule has 0 bridgehead atoms. The van der Waals surface area contributed by atoms with Gasteiger partial charge in [-0.15, -0.1) is 10.2 Å². The zero-order valence-electron chi connectivity index (χ0n) is 15.6. The third kappa shape index (κ3) is 3.50. The molecule has 7 nitrogen and oxygen atoms in total. The number of carbonyl (C=O) groups excluding carboxylic acids is 1. The topological polar surface area (TPSA) is 76.6 Å². The lowest BCUT2D eigenvalue weighted by Crippen LogP contribution is -2.14. The van der Waals surface area contributed by atoms with Crippen LogP contribution in [-0.4, -0.2) is 35.9 Å². The molecule has 0 saturated carbocycles. The number of fused-ring (bicyclic) bond motifs is 3. The summed E-state index contributed by atoms with van der Waals surface area (Å²) in [6.07, 6.45) is 3.61. The van der Waals surface area contributed by atoms with E-state index in [2.05, 4.69) is 20.6 Å². The van der Waals surface area contributed by atoms with Gasteiger partial charge in [0, 0.05) is 23.6 Å². The van der Waals surface area contributed by atoms with Gasteiger partial charge < -0.3 is 5.32 Å². The summed E-state index contributed by atoms with van der Waals surface area (Å²) in [7, 11) is 0. The lowest BCUT2D eigenvalue weighted by molar-refractivity contribution is -0.113. The van der Waals surface area contributed by atoms with Crippen LogP contribution in [0.15, 0.2) is 78.2 Å². The fraction of sp³-hybridized carbons (Fsp3) is 0.0476. The van der Waals surface area contributed by atoms with Crippen LogP contribution in [0, 0.1) is 5.82 Å². The van der Waals surface area contributed by atoms with Crippen molar-refractivity contribution >= 4 is 34.5 Å². The van der Waals surface area contributed by atoms with Crippen LogP contribution in [-0.2, 0) is 4.79 Å². The van der Waals surface area contributed by atoms with Gasteiger partial charge in [0.25, 0.3) is 0 Å². The van der Waals surface area contributed by atoms with Gasteiger partial charge in [-0.3, -0.25) is 9.20 Å². The third-order valence-electron chi connectivity index (χ3n) is 4.52. The van der Waals surface area contributed by atoms with Crippen LogP contribution in [0.4, 0.5) is 10.1 Å². The third-order valence-corrected chi connectivity index (χ3v) is 5.46. The summed E-state index contributed by atoms with van der Waals surface area (Å²) in [6, 6.07) is 17.4. The monoisotopic (exact) mass is 418 g/mol. The Bertz CT molecular complexity index is 1350. The fourth-order valence-electron chi connectivity index (χ4n) is 3.10. The molecule has 1 N–H and O–H groups in total. The van der Waals surface area contributed by atoms with Crippen LogP contribution >= 0.6 is 11.8 Å². The van der Waals surface area contributed by atoms with Gasteiger partial charge in [-0.05, 0) is 42.5 Å². The average Bonchev–Trinajstić information content (AvgIpc) is 3.37. The standard InChI is InChI=1S/C21H15FN6OS/c22-15-8-6-14(7-9-15)17-12-18-20-24-25-21(27(20)10-11-28(18)26-17)30-13-19(29)23-16-4-2-1-3-5-16/h1-12H,13H2,(H,23,29). The molecule has 1 amide bonds. The van der Waals surface area contributed by atoms with Crippen molar-refractivity contribution in [2.24, 2.45) is 0 Å². The zero-order chi connectivity index (χ0) is 20.5. The van der Waals surface area contributed by atoms with Gasteiger partial charge in [-0.1, -0.05) is 30.0 Å². The van der Waals surface area contributed by atoms with E-state index in [-0.39, 0.29) is 17.5 Å². The van der Waals surface area contributed by atoms with Crippen molar-refractivity contribution in [1.82, 2.24) is 24.2 Å². The number of thioether (sulfide) groups is 1. The molecule has 0 atom stereocenters. The molecular formula is C21H15FN6OS. The molecule has 0 saturated heterocycles. The Morgan fingerprint density at radius 2 is 1.83 bits per heavy atom. The quantitative estimate of drug-likeness (QED) is 0.438. The predicted octanol–water partition coefficient (Wildman–Crippen LogP) is 3.91. The lowest BCUT2D eigenvalue weighted by atomic mass is 10.1. The van der Waals surface area contributed by atoms with Crippen molar-refractivity contribution in [2.45, 2.75) is 5.16 Å². The first kappa shape index (κ1) is 18.3. The van der Waals surface area contributed by atoms with Crippen molar-refractivity contribution < 1.29 is 9.18 Å². The van der Waals surface area contributed by atoms with E-state index in [0.717, 1.165) is 16.8 Å². The molecule has 0 unspecified atom stereocenters. The SMILES string of the molecule is O=C(CSc1nnc2c3cc(-c4ccc(F)cc4)nn3ccn12)Nc1ccccc1. The van der Waals surface area contributed by atoms with Crippen molar-refractivity contribution in [1.29, 1.82) is 0 Å². The summed E-state index contributed by atoms with van der Waals surface area (Å²) < 4.78 is 16.7. The van der Waals surface area contributed by atoms with Crippen LogP contribution in [0.5, 0.6) is 0 Å². The van der Waals surface area contributed by atoms with Gasteiger partial charge in [0.15, 0.2) is 10.8 Å². The van der Waals surface area contributed by atoms with E-state index in [4.69, 9.17) is 0 Å². The van der Waals surface area contributed by atoms with Crippen LogP contribution < -0.4 is 5.32 Å². The van der Waals surface area contributed by atoms with E-state index in [1.165, 1.54) is 23.9 Å². The molecule has 0 fully saturated rings. The lowest BCUT2D eigenvalue weighted by Gasteiger charge is -2.04. The Morgan fingerprint density at radius 3 is 2.63 bits per heavy atom. The molecule has 3 heterocycles. The normalized spacial score (nSPS) is 11.2. The fourth-order valence-corrected chi connectivity index (χ4v) is 3.82. The van der Waals surface area contributed by atoms with E-state index in [1.807, 2.05) is 40.8 Å². The number of benzene rings is 2. The number of rotatable bonds is 5. The Kier molecular flexibility index (Phi) is 4.64. The number of anilines is 1. The molecule has 5 rings (SSSR count). The van der Waals surface area contributed by atoms with E-state index < -0.39 is 0 Å². The summed E-state index contributed by atoms with van der Waals surface area (Å²) in [5.74, 6) is -0.201. The first-order chi connectivity index (χ1) is 14.7. The second-order valence-corrected chi connectivity index (χ2v) is 7.49. The number of para-hydroxylation sites is 1. The molecule has 5 aromatic rings. The molecule has 9 heteroatoms. The van der Waals surface area contributed by atoms with Gasteiger partial charge in [-0.25, -0.2) is 8.91 Å². The number of hydrogen-bond donors (Lipinski definition) is 1. The highest BCUT2D eigenvalue weighted by molar-refractivity contribution is 7.99. The first-order valence-electron chi connectivity index (χ1n) is 9.14. The molecule has 0 aliphatic rings. The molecule has 0 aliphatic heterocycles. The number of carbonyl (C=O) groups is 1. The molecule has 148 valence electrons. The second kappa shape index (κ2) is 7.60.